The van der Waals surface area contributed by atoms with Gasteiger partial charge in [-0.2, -0.15) is 0 Å². The van der Waals surface area contributed by atoms with Crippen LogP contribution in [-0.4, -0.2) is 37.2 Å². The molecule has 0 bridgehead atoms. The Balaban J connectivity index is 1.40. The highest BCUT2D eigenvalue weighted by Crippen LogP contribution is 2.43. The van der Waals surface area contributed by atoms with Crippen molar-refractivity contribution in [1.29, 1.82) is 0 Å². The Morgan fingerprint density at radius 2 is 1.92 bits per heavy atom. The molecule has 1 N–H and O–H groups in total. The first kappa shape index (κ1) is 25.7. The molecule has 0 fully saturated rings. The SMILES string of the molecule is COc1cccc(CN2c3ccccc3-c3nc(SCC(=O)Nc4ccc(C)c(F)c4)ncc3S2(=O)=O)c1. The van der Waals surface area contributed by atoms with Crippen LogP contribution in [0.3, 0.4) is 0 Å². The molecule has 0 spiro atoms. The highest BCUT2D eigenvalue weighted by molar-refractivity contribution is 7.99. The number of methoxy groups -OCH3 is 1. The number of amides is 1. The average Bonchev–Trinajstić information content (AvgIpc) is 2.92. The fourth-order valence-corrected chi connectivity index (χ4v) is 6.23. The first-order valence-electron chi connectivity index (χ1n) is 11.6. The number of sulfonamides is 1. The Hall–Kier alpha value is -3.96. The summed E-state index contributed by atoms with van der Waals surface area (Å²) in [6, 6.07) is 18.8. The number of nitrogens with one attached hydrogen (secondary N) is 1. The number of anilines is 2. The summed E-state index contributed by atoms with van der Waals surface area (Å²) in [6.07, 6.45) is 1.28. The highest BCUT2D eigenvalue weighted by Gasteiger charge is 2.36. The number of halogens is 1. The number of nitrogens with zero attached hydrogens (tertiary/aromatic N) is 3. The number of ether oxygens (including phenoxy) is 1. The molecular formula is C27H23FN4O4S2. The fraction of sp³-hybridized carbons (Fsp3) is 0.148. The van der Waals surface area contributed by atoms with Gasteiger partial charge in [-0.3, -0.25) is 9.10 Å². The van der Waals surface area contributed by atoms with Crippen LogP contribution >= 0.6 is 11.8 Å². The summed E-state index contributed by atoms with van der Waals surface area (Å²) < 4.78 is 47.7. The molecule has 0 saturated carbocycles. The van der Waals surface area contributed by atoms with Crippen molar-refractivity contribution in [2.24, 2.45) is 0 Å². The summed E-state index contributed by atoms with van der Waals surface area (Å²) in [5, 5.41) is 2.89. The zero-order valence-electron chi connectivity index (χ0n) is 20.5. The van der Waals surface area contributed by atoms with E-state index in [0.717, 1.165) is 17.3 Å². The second-order valence-electron chi connectivity index (χ2n) is 8.55. The molecule has 5 rings (SSSR count). The maximum atomic E-state index is 13.8. The Bertz CT molecular complexity index is 1650. The lowest BCUT2D eigenvalue weighted by Gasteiger charge is -2.31. The van der Waals surface area contributed by atoms with E-state index in [0.29, 0.717) is 28.3 Å². The van der Waals surface area contributed by atoms with Gasteiger partial charge < -0.3 is 10.1 Å². The van der Waals surface area contributed by atoms with Crippen LogP contribution in [0.2, 0.25) is 0 Å². The molecular weight excluding hydrogens is 527 g/mol. The van der Waals surface area contributed by atoms with Gasteiger partial charge >= 0.3 is 0 Å². The summed E-state index contributed by atoms with van der Waals surface area (Å²) in [6.45, 7) is 1.74. The monoisotopic (exact) mass is 550 g/mol. The van der Waals surface area contributed by atoms with Crippen LogP contribution < -0.4 is 14.4 Å². The van der Waals surface area contributed by atoms with Crippen molar-refractivity contribution in [2.45, 2.75) is 23.5 Å². The zero-order valence-corrected chi connectivity index (χ0v) is 22.1. The number of thioether (sulfide) groups is 1. The Morgan fingerprint density at radius 1 is 1.11 bits per heavy atom. The first-order valence-corrected chi connectivity index (χ1v) is 14.0. The standard InChI is InChI=1S/C27H23FN4O4S2/c1-17-10-11-19(13-22(17)28)30-25(33)16-37-27-29-14-24-26(31-27)21-8-3-4-9-23(21)32(38(24,34)35)15-18-6-5-7-20(12-18)36-2/h3-14H,15-16H2,1-2H3,(H,30,33). The van der Waals surface area contributed by atoms with Crippen molar-refractivity contribution in [3.63, 3.8) is 0 Å². The Kier molecular flexibility index (Phi) is 7.04. The number of fused-ring (bicyclic) bond motifs is 3. The van der Waals surface area contributed by atoms with Gasteiger partial charge in [0.2, 0.25) is 5.91 Å². The van der Waals surface area contributed by atoms with Gasteiger partial charge in [-0.05, 0) is 48.4 Å². The molecule has 0 saturated heterocycles. The van der Waals surface area contributed by atoms with E-state index in [4.69, 9.17) is 4.74 Å². The van der Waals surface area contributed by atoms with Crippen LogP contribution in [0, 0.1) is 12.7 Å². The van der Waals surface area contributed by atoms with Crippen LogP contribution in [0.4, 0.5) is 15.8 Å². The molecule has 0 aliphatic carbocycles. The molecule has 11 heteroatoms. The van der Waals surface area contributed by atoms with Gasteiger partial charge in [-0.1, -0.05) is 48.2 Å². The van der Waals surface area contributed by atoms with Crippen LogP contribution in [-0.2, 0) is 21.4 Å². The number of rotatable bonds is 7. The normalized spacial score (nSPS) is 13.4. The minimum atomic E-state index is -3.97. The van der Waals surface area contributed by atoms with Gasteiger partial charge in [0.05, 0.1) is 37.0 Å². The lowest BCUT2D eigenvalue weighted by molar-refractivity contribution is -0.113. The molecule has 0 unspecified atom stereocenters. The molecule has 1 amide bonds. The zero-order chi connectivity index (χ0) is 26.9. The van der Waals surface area contributed by atoms with Crippen molar-refractivity contribution in [3.8, 4) is 17.0 Å². The van der Waals surface area contributed by atoms with E-state index in [2.05, 4.69) is 15.3 Å². The molecule has 0 atom stereocenters. The maximum Gasteiger partial charge on any atom is 0.268 e. The van der Waals surface area contributed by atoms with Crippen molar-refractivity contribution in [3.05, 3.63) is 89.9 Å². The number of hydrogen-bond donors (Lipinski definition) is 1. The summed E-state index contributed by atoms with van der Waals surface area (Å²) in [4.78, 5) is 21.1. The van der Waals surface area contributed by atoms with E-state index in [1.165, 1.54) is 16.6 Å². The second kappa shape index (κ2) is 10.4. The van der Waals surface area contributed by atoms with Gasteiger partial charge in [-0.25, -0.2) is 22.8 Å². The number of carbonyl (C=O) groups excluding carboxylic acids is 1. The molecule has 194 valence electrons. The molecule has 1 aliphatic rings. The molecule has 3 aromatic carbocycles. The molecule has 8 nitrogen and oxygen atoms in total. The van der Waals surface area contributed by atoms with E-state index >= 15 is 0 Å². The molecule has 1 aliphatic heterocycles. The minimum Gasteiger partial charge on any atom is -0.497 e. The number of para-hydroxylation sites is 1. The van der Waals surface area contributed by atoms with Crippen LogP contribution in [0.1, 0.15) is 11.1 Å². The molecule has 1 aromatic heterocycles. The number of aryl methyl sites for hydroxylation is 1. The fourth-order valence-electron chi connectivity index (χ4n) is 4.05. The number of carbonyl (C=O) groups is 1. The largest absolute Gasteiger partial charge is 0.497 e. The molecule has 4 aromatic rings. The summed E-state index contributed by atoms with van der Waals surface area (Å²) in [7, 11) is -2.41. The van der Waals surface area contributed by atoms with E-state index in [1.807, 2.05) is 24.3 Å². The summed E-state index contributed by atoms with van der Waals surface area (Å²) in [5.41, 5.74) is 3.01. The van der Waals surface area contributed by atoms with Gasteiger partial charge in [0, 0.05) is 11.3 Å². The molecule has 0 radical (unpaired) electrons. The van der Waals surface area contributed by atoms with Gasteiger partial charge in [-0.15, -0.1) is 0 Å². The number of hydrogen-bond acceptors (Lipinski definition) is 7. The lowest BCUT2D eigenvalue weighted by atomic mass is 10.1. The molecule has 2 heterocycles. The Labute approximate surface area is 223 Å². The summed E-state index contributed by atoms with van der Waals surface area (Å²) in [5.74, 6) is -0.178. The van der Waals surface area contributed by atoms with E-state index in [-0.39, 0.29) is 34.0 Å². The van der Waals surface area contributed by atoms with Crippen LogP contribution in [0.5, 0.6) is 5.75 Å². The second-order valence-corrected chi connectivity index (χ2v) is 11.3. The highest BCUT2D eigenvalue weighted by atomic mass is 32.2. The minimum absolute atomic E-state index is 0.0111. The van der Waals surface area contributed by atoms with Crippen molar-refractivity contribution >= 4 is 39.1 Å². The number of benzene rings is 3. The predicted octanol–water partition coefficient (Wildman–Crippen LogP) is 5.04. The lowest BCUT2D eigenvalue weighted by Crippen LogP contribution is -2.34. The first-order chi connectivity index (χ1) is 18.3. The molecule has 38 heavy (non-hydrogen) atoms. The van der Waals surface area contributed by atoms with E-state index < -0.39 is 15.8 Å². The van der Waals surface area contributed by atoms with Gasteiger partial charge in [0.1, 0.15) is 16.5 Å². The van der Waals surface area contributed by atoms with Crippen LogP contribution in [0.25, 0.3) is 11.3 Å². The van der Waals surface area contributed by atoms with Gasteiger partial charge in [0.15, 0.2) is 5.16 Å². The van der Waals surface area contributed by atoms with Crippen LogP contribution in [0.15, 0.2) is 83.0 Å². The predicted molar refractivity (Wildman–Crippen MR) is 144 cm³/mol. The van der Waals surface area contributed by atoms with Crippen molar-refractivity contribution in [1.82, 2.24) is 9.97 Å². The third kappa shape index (κ3) is 5.07. The van der Waals surface area contributed by atoms with E-state index in [9.17, 15) is 17.6 Å². The Morgan fingerprint density at radius 3 is 2.71 bits per heavy atom. The van der Waals surface area contributed by atoms with Crippen molar-refractivity contribution in [2.75, 3.05) is 22.5 Å². The smallest absolute Gasteiger partial charge is 0.268 e. The topological polar surface area (TPSA) is 101 Å². The average molecular weight is 551 g/mol. The number of aromatic nitrogens is 2. The van der Waals surface area contributed by atoms with E-state index in [1.54, 1.807) is 50.4 Å². The summed E-state index contributed by atoms with van der Waals surface area (Å²) >= 11 is 1.06. The van der Waals surface area contributed by atoms with Gasteiger partial charge in [0.25, 0.3) is 10.0 Å². The maximum absolute atomic E-state index is 13.8. The quantitative estimate of drug-likeness (QED) is 0.254. The third-order valence-electron chi connectivity index (χ3n) is 5.98. The third-order valence-corrected chi connectivity index (χ3v) is 8.60. The van der Waals surface area contributed by atoms with Crippen molar-refractivity contribution < 1.29 is 22.3 Å².